The van der Waals surface area contributed by atoms with E-state index in [1.54, 1.807) is 6.07 Å². The summed E-state index contributed by atoms with van der Waals surface area (Å²) in [6, 6.07) is 1.77. The third-order valence-electron chi connectivity index (χ3n) is 2.62. The van der Waals surface area contributed by atoms with Crippen molar-refractivity contribution in [2.45, 2.75) is 38.2 Å². The summed E-state index contributed by atoms with van der Waals surface area (Å²) in [7, 11) is 0. The Morgan fingerprint density at radius 3 is 2.88 bits per heavy atom. The second-order valence-corrected chi connectivity index (χ2v) is 3.88. The van der Waals surface area contributed by atoms with Crippen molar-refractivity contribution < 1.29 is 9.53 Å². The molecule has 1 amide bonds. The molecular weight excluding hydrogens is 204 g/mol. The van der Waals surface area contributed by atoms with Gasteiger partial charge in [-0.05, 0) is 12.8 Å². The van der Waals surface area contributed by atoms with Gasteiger partial charge in [0.25, 0.3) is 0 Å². The minimum Gasteiger partial charge on any atom is -0.376 e. The SMILES string of the molecule is N#C/C=C/C(=O)NCCOC1CCCCC1. The fraction of sp³-hybridized carbons (Fsp3) is 0.667. The average Bonchev–Trinajstić information content (AvgIpc) is 2.33. The summed E-state index contributed by atoms with van der Waals surface area (Å²) >= 11 is 0. The Morgan fingerprint density at radius 1 is 1.44 bits per heavy atom. The van der Waals surface area contributed by atoms with Gasteiger partial charge < -0.3 is 10.1 Å². The number of allylic oxidation sites excluding steroid dienone is 1. The lowest BCUT2D eigenvalue weighted by atomic mass is 9.98. The number of rotatable bonds is 5. The van der Waals surface area contributed by atoms with Gasteiger partial charge >= 0.3 is 0 Å². The highest BCUT2D eigenvalue weighted by molar-refractivity contribution is 5.87. The molecule has 1 fully saturated rings. The Bertz CT molecular complexity index is 275. The van der Waals surface area contributed by atoms with E-state index in [9.17, 15) is 4.79 Å². The fourth-order valence-electron chi connectivity index (χ4n) is 1.80. The summed E-state index contributed by atoms with van der Waals surface area (Å²) in [5.74, 6) is -0.242. The summed E-state index contributed by atoms with van der Waals surface area (Å²) in [5, 5.41) is 10.9. The number of ether oxygens (including phenoxy) is 1. The van der Waals surface area contributed by atoms with Gasteiger partial charge in [-0.15, -0.1) is 0 Å². The zero-order chi connectivity index (χ0) is 11.6. The normalized spacial score (nSPS) is 17.2. The van der Waals surface area contributed by atoms with E-state index in [2.05, 4.69) is 5.32 Å². The Hall–Kier alpha value is -1.34. The number of carbonyl (C=O) groups excluding carboxylic acids is 1. The second-order valence-electron chi connectivity index (χ2n) is 3.88. The Kier molecular flexibility index (Phi) is 6.28. The molecule has 0 spiro atoms. The molecule has 0 atom stereocenters. The van der Waals surface area contributed by atoms with Gasteiger partial charge in [0.2, 0.25) is 5.91 Å². The molecule has 0 aromatic rings. The van der Waals surface area contributed by atoms with Crippen LogP contribution in [0.5, 0.6) is 0 Å². The van der Waals surface area contributed by atoms with Gasteiger partial charge in [-0.25, -0.2) is 0 Å². The molecule has 4 heteroatoms. The van der Waals surface area contributed by atoms with E-state index in [-0.39, 0.29) is 5.91 Å². The molecule has 1 rings (SSSR count). The lowest BCUT2D eigenvalue weighted by Crippen LogP contribution is -2.28. The summed E-state index contributed by atoms with van der Waals surface area (Å²) in [5.41, 5.74) is 0. The van der Waals surface area contributed by atoms with Crippen LogP contribution in [0.15, 0.2) is 12.2 Å². The molecule has 16 heavy (non-hydrogen) atoms. The molecule has 0 saturated heterocycles. The first kappa shape index (κ1) is 12.7. The zero-order valence-electron chi connectivity index (χ0n) is 9.45. The van der Waals surface area contributed by atoms with Gasteiger partial charge in [-0.3, -0.25) is 4.79 Å². The van der Waals surface area contributed by atoms with Gasteiger partial charge in [-0.2, -0.15) is 5.26 Å². The first-order valence-corrected chi connectivity index (χ1v) is 5.78. The van der Waals surface area contributed by atoms with Crippen LogP contribution in [-0.2, 0) is 9.53 Å². The quantitative estimate of drug-likeness (QED) is 0.436. The van der Waals surface area contributed by atoms with Crippen molar-refractivity contribution >= 4 is 5.91 Å². The molecule has 1 N–H and O–H groups in total. The second kappa shape index (κ2) is 7.89. The van der Waals surface area contributed by atoms with E-state index in [0.717, 1.165) is 18.9 Å². The number of hydrogen-bond acceptors (Lipinski definition) is 3. The van der Waals surface area contributed by atoms with Crippen LogP contribution in [0.25, 0.3) is 0 Å². The maximum atomic E-state index is 11.0. The number of amides is 1. The minimum atomic E-state index is -0.242. The smallest absolute Gasteiger partial charge is 0.244 e. The molecule has 0 aromatic carbocycles. The highest BCUT2D eigenvalue weighted by atomic mass is 16.5. The molecule has 0 aliphatic heterocycles. The third kappa shape index (κ3) is 5.52. The molecule has 1 aliphatic rings. The average molecular weight is 222 g/mol. The van der Waals surface area contributed by atoms with Crippen LogP contribution < -0.4 is 5.32 Å². The van der Waals surface area contributed by atoms with Crippen molar-refractivity contribution in [3.63, 3.8) is 0 Å². The topological polar surface area (TPSA) is 62.1 Å². The Balaban J connectivity index is 2.01. The number of nitrogens with one attached hydrogen (secondary N) is 1. The molecule has 0 aromatic heterocycles. The number of hydrogen-bond donors (Lipinski definition) is 1. The van der Waals surface area contributed by atoms with E-state index in [4.69, 9.17) is 10.00 Å². The third-order valence-corrected chi connectivity index (χ3v) is 2.62. The molecule has 1 aliphatic carbocycles. The maximum absolute atomic E-state index is 11.0. The van der Waals surface area contributed by atoms with Crippen LogP contribution in [0.2, 0.25) is 0 Å². The molecule has 4 nitrogen and oxygen atoms in total. The van der Waals surface area contributed by atoms with E-state index >= 15 is 0 Å². The van der Waals surface area contributed by atoms with Gasteiger partial charge in [0.05, 0.1) is 18.8 Å². The molecule has 1 saturated carbocycles. The first-order valence-electron chi connectivity index (χ1n) is 5.78. The number of carbonyl (C=O) groups is 1. The monoisotopic (exact) mass is 222 g/mol. The van der Waals surface area contributed by atoms with E-state index in [1.807, 2.05) is 0 Å². The van der Waals surface area contributed by atoms with Crippen LogP contribution in [-0.4, -0.2) is 25.2 Å². The van der Waals surface area contributed by atoms with Crippen molar-refractivity contribution in [1.82, 2.24) is 5.32 Å². The first-order chi connectivity index (χ1) is 7.83. The lowest BCUT2D eigenvalue weighted by Gasteiger charge is -2.21. The molecule has 0 bridgehead atoms. The summed E-state index contributed by atoms with van der Waals surface area (Å²) in [6.07, 6.45) is 8.86. The van der Waals surface area contributed by atoms with Crippen molar-refractivity contribution in [2.75, 3.05) is 13.2 Å². The molecule has 88 valence electrons. The maximum Gasteiger partial charge on any atom is 0.244 e. The van der Waals surface area contributed by atoms with E-state index in [0.29, 0.717) is 19.3 Å². The summed E-state index contributed by atoms with van der Waals surface area (Å²) in [4.78, 5) is 11.0. The van der Waals surface area contributed by atoms with Crippen molar-refractivity contribution in [3.05, 3.63) is 12.2 Å². The highest BCUT2D eigenvalue weighted by Crippen LogP contribution is 2.19. The predicted octanol–water partition coefficient (Wildman–Crippen LogP) is 1.53. The van der Waals surface area contributed by atoms with Gasteiger partial charge in [0, 0.05) is 18.7 Å². The predicted molar refractivity (Wildman–Crippen MR) is 60.6 cm³/mol. The number of nitrogens with zero attached hydrogens (tertiary/aromatic N) is 1. The standard InChI is InChI=1S/C12H18N2O2/c13-8-4-7-12(15)14-9-10-16-11-5-2-1-3-6-11/h4,7,11H,1-3,5-6,9-10H2,(H,14,15)/b7-4+. The molecular formula is C12H18N2O2. The largest absolute Gasteiger partial charge is 0.376 e. The van der Waals surface area contributed by atoms with Crippen LogP contribution in [0.1, 0.15) is 32.1 Å². The van der Waals surface area contributed by atoms with Crippen molar-refractivity contribution in [3.8, 4) is 6.07 Å². The van der Waals surface area contributed by atoms with Gasteiger partial charge in [-0.1, -0.05) is 19.3 Å². The van der Waals surface area contributed by atoms with Gasteiger partial charge in [0.15, 0.2) is 0 Å². The fourth-order valence-corrected chi connectivity index (χ4v) is 1.80. The van der Waals surface area contributed by atoms with E-state index in [1.165, 1.54) is 25.3 Å². The van der Waals surface area contributed by atoms with Crippen molar-refractivity contribution in [2.24, 2.45) is 0 Å². The number of nitriles is 1. The Labute approximate surface area is 96.3 Å². The van der Waals surface area contributed by atoms with Crippen LogP contribution in [0.4, 0.5) is 0 Å². The Morgan fingerprint density at radius 2 is 2.19 bits per heavy atom. The highest BCUT2D eigenvalue weighted by Gasteiger charge is 2.12. The minimum absolute atomic E-state index is 0.242. The van der Waals surface area contributed by atoms with Crippen LogP contribution >= 0.6 is 0 Å². The summed E-state index contributed by atoms with van der Waals surface area (Å²) < 4.78 is 5.63. The molecule has 0 radical (unpaired) electrons. The van der Waals surface area contributed by atoms with Gasteiger partial charge in [0.1, 0.15) is 0 Å². The molecule has 0 unspecified atom stereocenters. The zero-order valence-corrected chi connectivity index (χ0v) is 9.45. The molecule has 0 heterocycles. The van der Waals surface area contributed by atoms with Crippen LogP contribution in [0.3, 0.4) is 0 Å². The van der Waals surface area contributed by atoms with E-state index < -0.39 is 0 Å². The van der Waals surface area contributed by atoms with Crippen molar-refractivity contribution in [1.29, 1.82) is 5.26 Å². The van der Waals surface area contributed by atoms with Crippen LogP contribution in [0, 0.1) is 11.3 Å². The lowest BCUT2D eigenvalue weighted by molar-refractivity contribution is -0.116. The summed E-state index contributed by atoms with van der Waals surface area (Å²) in [6.45, 7) is 1.06.